The molecule has 0 aromatic heterocycles. The largest absolute Gasteiger partial charge is 0.343 e. The predicted octanol–water partition coefficient (Wildman–Crippen LogP) is 1.61. The van der Waals surface area contributed by atoms with Crippen molar-refractivity contribution in [2.24, 2.45) is 5.92 Å². The van der Waals surface area contributed by atoms with Gasteiger partial charge in [0.1, 0.15) is 5.78 Å². The van der Waals surface area contributed by atoms with E-state index in [2.05, 4.69) is 0 Å². The van der Waals surface area contributed by atoms with E-state index in [1.54, 1.807) is 4.90 Å². The Morgan fingerprint density at radius 1 is 1.36 bits per heavy atom. The summed E-state index contributed by atoms with van der Waals surface area (Å²) in [5.41, 5.74) is 0. The van der Waals surface area contributed by atoms with Crippen LogP contribution in [0.15, 0.2) is 0 Å². The molecular formula is C11H19NO2. The summed E-state index contributed by atoms with van der Waals surface area (Å²) in [6.45, 7) is 5.32. The maximum Gasteiger partial charge on any atom is 0.233 e. The fourth-order valence-corrected chi connectivity index (χ4v) is 2.00. The Hall–Kier alpha value is -0.860. The molecule has 0 aromatic rings. The van der Waals surface area contributed by atoms with Crippen molar-refractivity contribution in [2.45, 2.75) is 39.5 Å². The summed E-state index contributed by atoms with van der Waals surface area (Å²) in [7, 11) is 0. The molecule has 1 aliphatic rings. The molecule has 0 aromatic carbocycles. The topological polar surface area (TPSA) is 37.4 Å². The molecule has 14 heavy (non-hydrogen) atoms. The lowest BCUT2D eigenvalue weighted by Gasteiger charge is -2.26. The second-order valence-electron chi connectivity index (χ2n) is 3.78. The molecule has 3 heteroatoms. The Morgan fingerprint density at radius 2 is 2.00 bits per heavy atom. The number of hydrogen-bond donors (Lipinski definition) is 0. The fraction of sp³-hybridized carbons (Fsp3) is 0.818. The summed E-state index contributed by atoms with van der Waals surface area (Å²) < 4.78 is 0. The zero-order valence-corrected chi connectivity index (χ0v) is 9.08. The van der Waals surface area contributed by atoms with Crippen molar-refractivity contribution in [2.75, 3.05) is 13.1 Å². The second kappa shape index (κ2) is 5.13. The molecule has 0 aliphatic heterocycles. The zero-order valence-electron chi connectivity index (χ0n) is 9.08. The molecule has 1 amide bonds. The predicted molar refractivity (Wildman–Crippen MR) is 54.9 cm³/mol. The number of Topliss-reactive ketones (excluding diaryl/α,β-unsaturated/α-hetero) is 1. The van der Waals surface area contributed by atoms with Crippen LogP contribution in [0.4, 0.5) is 0 Å². The highest BCUT2D eigenvalue weighted by molar-refractivity contribution is 6.01. The van der Waals surface area contributed by atoms with Gasteiger partial charge in [0.25, 0.3) is 0 Å². The fourth-order valence-electron chi connectivity index (χ4n) is 2.00. The first-order chi connectivity index (χ1) is 6.70. The van der Waals surface area contributed by atoms with Crippen LogP contribution in [-0.2, 0) is 9.59 Å². The zero-order chi connectivity index (χ0) is 10.6. The molecule has 1 atom stereocenters. The molecule has 3 nitrogen and oxygen atoms in total. The Labute approximate surface area is 85.5 Å². The average Bonchev–Trinajstić information content (AvgIpc) is 2.20. The third-order valence-electron chi connectivity index (χ3n) is 2.93. The van der Waals surface area contributed by atoms with E-state index in [1.165, 1.54) is 0 Å². The number of hydrogen-bond acceptors (Lipinski definition) is 2. The van der Waals surface area contributed by atoms with Gasteiger partial charge < -0.3 is 4.90 Å². The summed E-state index contributed by atoms with van der Waals surface area (Å²) in [5, 5.41) is 0. The van der Waals surface area contributed by atoms with Crippen LogP contribution < -0.4 is 0 Å². The van der Waals surface area contributed by atoms with E-state index in [-0.39, 0.29) is 17.6 Å². The standard InChI is InChI=1S/C11H19NO2/c1-3-12(4-2)11(14)9-7-5-6-8-10(9)13/h9H,3-8H2,1-2H3/t9-/m0/s1. The summed E-state index contributed by atoms with van der Waals surface area (Å²) >= 11 is 0. The summed E-state index contributed by atoms with van der Waals surface area (Å²) in [4.78, 5) is 25.2. The lowest BCUT2D eigenvalue weighted by Crippen LogP contribution is -2.40. The highest BCUT2D eigenvalue weighted by atomic mass is 16.2. The van der Waals surface area contributed by atoms with Crippen molar-refractivity contribution >= 4 is 11.7 Å². The van der Waals surface area contributed by atoms with Crippen molar-refractivity contribution < 1.29 is 9.59 Å². The van der Waals surface area contributed by atoms with E-state index in [1.807, 2.05) is 13.8 Å². The minimum Gasteiger partial charge on any atom is -0.343 e. The normalized spacial score (nSPS) is 22.1. The molecule has 80 valence electrons. The molecule has 0 unspecified atom stereocenters. The number of rotatable bonds is 3. The minimum absolute atomic E-state index is 0.0414. The minimum atomic E-state index is -0.330. The highest BCUT2D eigenvalue weighted by Crippen LogP contribution is 2.22. The molecule has 0 N–H and O–H groups in total. The van der Waals surface area contributed by atoms with E-state index in [0.717, 1.165) is 19.3 Å². The van der Waals surface area contributed by atoms with Crippen molar-refractivity contribution in [3.8, 4) is 0 Å². The van der Waals surface area contributed by atoms with Crippen molar-refractivity contribution in [3.05, 3.63) is 0 Å². The highest BCUT2D eigenvalue weighted by Gasteiger charge is 2.30. The molecule has 0 radical (unpaired) electrons. The van der Waals surface area contributed by atoms with Crippen molar-refractivity contribution in [1.29, 1.82) is 0 Å². The van der Waals surface area contributed by atoms with E-state index in [4.69, 9.17) is 0 Å². The van der Waals surface area contributed by atoms with Crippen LogP contribution >= 0.6 is 0 Å². The molecular weight excluding hydrogens is 178 g/mol. The third-order valence-corrected chi connectivity index (χ3v) is 2.93. The number of amides is 1. The van der Waals surface area contributed by atoms with Crippen LogP contribution in [0.2, 0.25) is 0 Å². The van der Waals surface area contributed by atoms with Gasteiger partial charge in [-0.05, 0) is 26.7 Å². The Kier molecular flexibility index (Phi) is 4.11. The lowest BCUT2D eigenvalue weighted by atomic mass is 9.87. The van der Waals surface area contributed by atoms with Gasteiger partial charge in [0.05, 0.1) is 5.92 Å². The van der Waals surface area contributed by atoms with E-state index in [9.17, 15) is 9.59 Å². The van der Waals surface area contributed by atoms with Crippen LogP contribution in [0, 0.1) is 5.92 Å². The molecule has 1 saturated carbocycles. The van der Waals surface area contributed by atoms with Crippen LogP contribution in [0.25, 0.3) is 0 Å². The van der Waals surface area contributed by atoms with Gasteiger partial charge in [0.2, 0.25) is 5.91 Å². The summed E-state index contributed by atoms with van der Waals surface area (Å²) in [6.07, 6.45) is 3.33. The van der Waals surface area contributed by atoms with Gasteiger partial charge in [-0.3, -0.25) is 9.59 Å². The van der Waals surface area contributed by atoms with Crippen molar-refractivity contribution in [3.63, 3.8) is 0 Å². The van der Waals surface area contributed by atoms with Gasteiger partial charge in [-0.1, -0.05) is 6.42 Å². The van der Waals surface area contributed by atoms with Gasteiger partial charge in [-0.15, -0.1) is 0 Å². The van der Waals surface area contributed by atoms with Gasteiger partial charge in [0.15, 0.2) is 0 Å². The van der Waals surface area contributed by atoms with E-state index in [0.29, 0.717) is 19.5 Å². The quantitative estimate of drug-likeness (QED) is 0.645. The Morgan fingerprint density at radius 3 is 2.50 bits per heavy atom. The lowest BCUT2D eigenvalue weighted by molar-refractivity contribution is -0.142. The van der Waals surface area contributed by atoms with E-state index < -0.39 is 0 Å². The summed E-state index contributed by atoms with van der Waals surface area (Å²) in [6, 6.07) is 0. The monoisotopic (exact) mass is 197 g/mol. The first-order valence-corrected chi connectivity index (χ1v) is 5.52. The first-order valence-electron chi connectivity index (χ1n) is 5.52. The van der Waals surface area contributed by atoms with Crippen LogP contribution in [-0.4, -0.2) is 29.7 Å². The third kappa shape index (κ3) is 2.34. The van der Waals surface area contributed by atoms with E-state index >= 15 is 0 Å². The number of carbonyl (C=O) groups is 2. The van der Waals surface area contributed by atoms with Gasteiger partial charge >= 0.3 is 0 Å². The molecule has 0 heterocycles. The maximum atomic E-state index is 11.9. The van der Waals surface area contributed by atoms with Crippen LogP contribution in [0.3, 0.4) is 0 Å². The first kappa shape index (κ1) is 11.2. The molecule has 1 rings (SSSR count). The average molecular weight is 197 g/mol. The number of nitrogens with zero attached hydrogens (tertiary/aromatic N) is 1. The molecule has 1 aliphatic carbocycles. The molecule has 0 saturated heterocycles. The second-order valence-corrected chi connectivity index (χ2v) is 3.78. The van der Waals surface area contributed by atoms with Gasteiger partial charge in [0, 0.05) is 19.5 Å². The van der Waals surface area contributed by atoms with Crippen LogP contribution in [0.1, 0.15) is 39.5 Å². The molecule has 0 bridgehead atoms. The number of ketones is 1. The Bertz CT molecular complexity index is 221. The number of carbonyl (C=O) groups excluding carboxylic acids is 2. The molecule has 1 fully saturated rings. The SMILES string of the molecule is CCN(CC)C(=O)[C@H]1CCCCC1=O. The molecule has 0 spiro atoms. The maximum absolute atomic E-state index is 11.9. The smallest absolute Gasteiger partial charge is 0.233 e. The Balaban J connectivity index is 2.61. The summed E-state index contributed by atoms with van der Waals surface area (Å²) in [5.74, 6) is -0.142. The van der Waals surface area contributed by atoms with Crippen LogP contribution in [0.5, 0.6) is 0 Å². The van der Waals surface area contributed by atoms with Gasteiger partial charge in [-0.25, -0.2) is 0 Å². The van der Waals surface area contributed by atoms with Crippen molar-refractivity contribution in [1.82, 2.24) is 4.90 Å². The van der Waals surface area contributed by atoms with Gasteiger partial charge in [-0.2, -0.15) is 0 Å².